The van der Waals surface area contributed by atoms with Gasteiger partial charge in [0.05, 0.1) is 20.6 Å². The molecular formula is C34H34Cl3N3O4S. The third-order valence-corrected chi connectivity index (χ3v) is 9.80. The Hall–Kier alpha value is -3.56. The molecule has 1 N–H and O–H groups in total. The smallest absolute Gasteiger partial charge is 0.264 e. The summed E-state index contributed by atoms with van der Waals surface area (Å²) in [6.07, 6.45) is 0.211. The number of carbonyl (C=O) groups is 2. The molecule has 4 rings (SSSR count). The highest BCUT2D eigenvalue weighted by Crippen LogP contribution is 2.31. The third-order valence-electron chi connectivity index (χ3n) is 7.02. The van der Waals surface area contributed by atoms with Crippen molar-refractivity contribution in [1.82, 2.24) is 10.2 Å². The van der Waals surface area contributed by atoms with E-state index in [1.807, 2.05) is 44.2 Å². The van der Waals surface area contributed by atoms with Crippen molar-refractivity contribution in [2.24, 2.45) is 5.92 Å². The molecule has 0 saturated heterocycles. The topological polar surface area (TPSA) is 86.8 Å². The van der Waals surface area contributed by atoms with E-state index >= 15 is 0 Å². The third kappa shape index (κ3) is 9.23. The lowest BCUT2D eigenvalue weighted by Crippen LogP contribution is -2.53. The van der Waals surface area contributed by atoms with Crippen molar-refractivity contribution >= 4 is 62.3 Å². The van der Waals surface area contributed by atoms with Crippen LogP contribution in [0.5, 0.6) is 0 Å². The monoisotopic (exact) mass is 685 g/mol. The van der Waals surface area contributed by atoms with Gasteiger partial charge in [0.2, 0.25) is 11.8 Å². The van der Waals surface area contributed by atoms with Crippen molar-refractivity contribution in [2.75, 3.05) is 17.4 Å². The molecule has 236 valence electrons. The van der Waals surface area contributed by atoms with Gasteiger partial charge in [-0.1, -0.05) is 109 Å². The fourth-order valence-corrected chi connectivity index (χ4v) is 6.50. The van der Waals surface area contributed by atoms with Crippen molar-refractivity contribution in [3.63, 3.8) is 0 Å². The first kappa shape index (κ1) is 34.3. The molecule has 0 aliphatic carbocycles. The van der Waals surface area contributed by atoms with Crippen LogP contribution in [0, 0.1) is 5.92 Å². The van der Waals surface area contributed by atoms with Crippen molar-refractivity contribution in [3.8, 4) is 0 Å². The van der Waals surface area contributed by atoms with Crippen molar-refractivity contribution in [3.05, 3.63) is 129 Å². The molecule has 11 heteroatoms. The highest BCUT2D eigenvalue weighted by molar-refractivity contribution is 7.92. The lowest BCUT2D eigenvalue weighted by atomic mass is 10.0. The van der Waals surface area contributed by atoms with Gasteiger partial charge in [0.15, 0.2) is 0 Å². The molecule has 0 heterocycles. The normalized spacial score (nSPS) is 12.0. The molecule has 4 aromatic rings. The molecule has 2 amide bonds. The van der Waals surface area contributed by atoms with Crippen LogP contribution in [0.2, 0.25) is 15.1 Å². The number of rotatable bonds is 13. The van der Waals surface area contributed by atoms with Crippen LogP contribution in [0.1, 0.15) is 25.0 Å². The van der Waals surface area contributed by atoms with Gasteiger partial charge in [-0.25, -0.2) is 8.42 Å². The van der Waals surface area contributed by atoms with Gasteiger partial charge in [-0.3, -0.25) is 13.9 Å². The molecule has 0 radical (unpaired) electrons. The van der Waals surface area contributed by atoms with E-state index in [9.17, 15) is 18.0 Å². The maximum Gasteiger partial charge on any atom is 0.264 e. The molecule has 4 aromatic carbocycles. The van der Waals surface area contributed by atoms with Crippen LogP contribution < -0.4 is 9.62 Å². The van der Waals surface area contributed by atoms with Crippen LogP contribution in [0.4, 0.5) is 5.69 Å². The number of halogens is 3. The first-order chi connectivity index (χ1) is 21.5. The highest BCUT2D eigenvalue weighted by Gasteiger charge is 2.34. The van der Waals surface area contributed by atoms with Crippen LogP contribution in [0.15, 0.2) is 108 Å². The Kier molecular flexibility index (Phi) is 11.9. The number of hydrogen-bond donors (Lipinski definition) is 1. The van der Waals surface area contributed by atoms with Crippen LogP contribution in [0.25, 0.3) is 0 Å². The first-order valence-corrected chi connectivity index (χ1v) is 16.9. The molecule has 0 unspecified atom stereocenters. The summed E-state index contributed by atoms with van der Waals surface area (Å²) in [6, 6.07) is 27.5. The average Bonchev–Trinajstić information content (AvgIpc) is 3.03. The molecular weight excluding hydrogens is 653 g/mol. The maximum atomic E-state index is 14.5. The summed E-state index contributed by atoms with van der Waals surface area (Å²) < 4.78 is 29.1. The molecule has 0 aromatic heterocycles. The van der Waals surface area contributed by atoms with Gasteiger partial charge in [0.25, 0.3) is 10.0 Å². The average molecular weight is 687 g/mol. The SMILES string of the molecule is CC(C)CNC(=O)[C@H](Cc1ccccc1)N(Cc1ccc(Cl)cc1)C(=O)CN(c1ccc(Cl)c(Cl)c1)S(=O)(=O)c1ccccc1. The quantitative estimate of drug-likeness (QED) is 0.161. The first-order valence-electron chi connectivity index (χ1n) is 14.3. The van der Waals surface area contributed by atoms with Gasteiger partial charge in [-0.15, -0.1) is 0 Å². The van der Waals surface area contributed by atoms with E-state index in [0.717, 1.165) is 15.4 Å². The van der Waals surface area contributed by atoms with E-state index in [1.54, 1.807) is 42.5 Å². The summed E-state index contributed by atoms with van der Waals surface area (Å²) in [5.41, 5.74) is 1.71. The number of carbonyl (C=O) groups excluding carboxylic acids is 2. The zero-order chi connectivity index (χ0) is 32.6. The zero-order valence-electron chi connectivity index (χ0n) is 24.9. The van der Waals surface area contributed by atoms with E-state index in [4.69, 9.17) is 34.8 Å². The van der Waals surface area contributed by atoms with E-state index in [-0.39, 0.29) is 45.4 Å². The summed E-state index contributed by atoms with van der Waals surface area (Å²) in [7, 11) is -4.25. The predicted octanol–water partition coefficient (Wildman–Crippen LogP) is 7.25. The molecule has 0 aliphatic heterocycles. The fraction of sp³-hybridized carbons (Fsp3) is 0.235. The van der Waals surface area contributed by atoms with Crippen LogP contribution in [-0.4, -0.2) is 44.3 Å². The van der Waals surface area contributed by atoms with Gasteiger partial charge in [0.1, 0.15) is 12.6 Å². The van der Waals surface area contributed by atoms with Crippen LogP contribution in [-0.2, 0) is 32.6 Å². The summed E-state index contributed by atoms with van der Waals surface area (Å²) in [5.74, 6) is -0.758. The van der Waals surface area contributed by atoms with Crippen molar-refractivity contribution in [1.29, 1.82) is 0 Å². The zero-order valence-corrected chi connectivity index (χ0v) is 28.0. The highest BCUT2D eigenvalue weighted by atomic mass is 35.5. The number of hydrogen-bond acceptors (Lipinski definition) is 4. The van der Waals surface area contributed by atoms with Crippen molar-refractivity contribution < 1.29 is 18.0 Å². The van der Waals surface area contributed by atoms with E-state index < -0.39 is 28.5 Å². The Labute approximate surface area is 279 Å². The molecule has 45 heavy (non-hydrogen) atoms. The predicted molar refractivity (Wildman–Crippen MR) is 181 cm³/mol. The molecule has 0 fully saturated rings. The number of benzene rings is 4. The van der Waals surface area contributed by atoms with E-state index in [1.165, 1.54) is 35.2 Å². The largest absolute Gasteiger partial charge is 0.354 e. The Morgan fingerprint density at radius 3 is 2.00 bits per heavy atom. The van der Waals surface area contributed by atoms with Crippen LogP contribution >= 0.6 is 34.8 Å². The second-order valence-electron chi connectivity index (χ2n) is 10.9. The van der Waals surface area contributed by atoms with Gasteiger partial charge in [-0.05, 0) is 59.5 Å². The minimum atomic E-state index is -4.25. The molecule has 0 saturated carbocycles. The molecule has 7 nitrogen and oxygen atoms in total. The fourth-order valence-electron chi connectivity index (χ4n) is 4.65. The minimum absolute atomic E-state index is 0.0105. The Morgan fingerprint density at radius 1 is 0.778 bits per heavy atom. The standard InChI is InChI=1S/C34H34Cl3N3O4S/c1-24(2)21-38-34(42)32(19-25-9-5-3-6-10-25)39(22-26-13-15-27(35)16-14-26)33(41)23-40(28-17-18-30(36)31(37)20-28)45(43,44)29-11-7-4-8-12-29/h3-18,20,24,32H,19,21-23H2,1-2H3,(H,38,42)/t32-/m0/s1. The van der Waals surface area contributed by atoms with Crippen LogP contribution in [0.3, 0.4) is 0 Å². The van der Waals surface area contributed by atoms with Gasteiger partial charge >= 0.3 is 0 Å². The lowest BCUT2D eigenvalue weighted by molar-refractivity contribution is -0.140. The second kappa shape index (κ2) is 15.6. The Morgan fingerprint density at radius 2 is 1.40 bits per heavy atom. The Bertz CT molecular complexity index is 1700. The van der Waals surface area contributed by atoms with E-state index in [2.05, 4.69) is 5.32 Å². The van der Waals surface area contributed by atoms with Crippen molar-refractivity contribution in [2.45, 2.75) is 37.8 Å². The Balaban J connectivity index is 1.80. The molecule has 0 spiro atoms. The molecule has 0 bridgehead atoms. The van der Waals surface area contributed by atoms with Gasteiger partial charge < -0.3 is 10.2 Å². The summed E-state index contributed by atoms with van der Waals surface area (Å²) in [5, 5.41) is 3.85. The summed E-state index contributed by atoms with van der Waals surface area (Å²) in [4.78, 5) is 29.7. The molecule has 1 atom stereocenters. The van der Waals surface area contributed by atoms with E-state index in [0.29, 0.717) is 11.6 Å². The summed E-state index contributed by atoms with van der Waals surface area (Å²) in [6.45, 7) is 3.79. The van der Waals surface area contributed by atoms with Gasteiger partial charge in [0, 0.05) is 24.5 Å². The number of nitrogens with zero attached hydrogens (tertiary/aromatic N) is 2. The minimum Gasteiger partial charge on any atom is -0.354 e. The van der Waals surface area contributed by atoms with Gasteiger partial charge in [-0.2, -0.15) is 0 Å². The second-order valence-corrected chi connectivity index (χ2v) is 14.0. The molecule has 0 aliphatic rings. The summed E-state index contributed by atoms with van der Waals surface area (Å²) >= 11 is 18.6. The maximum absolute atomic E-state index is 14.5. The number of nitrogens with one attached hydrogen (secondary N) is 1. The number of anilines is 1. The lowest BCUT2D eigenvalue weighted by Gasteiger charge is -2.34. The number of amides is 2. The number of sulfonamides is 1.